The molecular formula is C11H19N3O5. The van der Waals surface area contributed by atoms with E-state index in [-0.39, 0.29) is 5.92 Å². The highest BCUT2D eigenvalue weighted by molar-refractivity contribution is 5.86. The Bertz CT molecular complexity index is 344. The Labute approximate surface area is 111 Å². The molecule has 0 radical (unpaired) electrons. The van der Waals surface area contributed by atoms with Gasteiger partial charge in [0, 0.05) is 26.1 Å². The maximum absolute atomic E-state index is 12.1. The highest BCUT2D eigenvalue weighted by atomic mass is 16.5. The van der Waals surface area contributed by atoms with E-state index < -0.39 is 31.0 Å². The molecule has 0 aromatic rings. The van der Waals surface area contributed by atoms with Gasteiger partial charge in [0.05, 0.1) is 6.61 Å². The number of urea groups is 1. The van der Waals surface area contributed by atoms with Gasteiger partial charge in [-0.15, -0.1) is 0 Å². The molecule has 1 atom stereocenters. The minimum Gasteiger partial charge on any atom is -0.480 e. The number of likely N-dealkylation sites (tertiary alicyclic amines) is 1. The summed E-state index contributed by atoms with van der Waals surface area (Å²) in [7, 11) is 1.59. The van der Waals surface area contributed by atoms with E-state index in [1.54, 1.807) is 7.11 Å². The van der Waals surface area contributed by atoms with Crippen LogP contribution in [0.1, 0.15) is 6.42 Å². The number of amides is 3. The van der Waals surface area contributed by atoms with Crippen LogP contribution >= 0.6 is 0 Å². The molecule has 0 aromatic heterocycles. The van der Waals surface area contributed by atoms with Crippen molar-refractivity contribution < 1.29 is 24.2 Å². The van der Waals surface area contributed by atoms with E-state index >= 15 is 0 Å². The van der Waals surface area contributed by atoms with E-state index in [4.69, 9.17) is 15.6 Å². The number of aliphatic carboxylic acids is 1. The van der Waals surface area contributed by atoms with Gasteiger partial charge in [-0.2, -0.15) is 0 Å². The van der Waals surface area contributed by atoms with Crippen LogP contribution in [0.25, 0.3) is 0 Å². The first-order valence-electron chi connectivity index (χ1n) is 5.97. The second-order valence-electron chi connectivity index (χ2n) is 4.55. The molecule has 1 fully saturated rings. The zero-order chi connectivity index (χ0) is 14.4. The maximum atomic E-state index is 12.1. The molecule has 0 aliphatic carbocycles. The molecule has 19 heavy (non-hydrogen) atoms. The molecule has 1 rings (SSSR count). The predicted molar refractivity (Wildman–Crippen MR) is 65.4 cm³/mol. The van der Waals surface area contributed by atoms with Crippen LogP contribution in [0.2, 0.25) is 0 Å². The fourth-order valence-corrected chi connectivity index (χ4v) is 2.12. The van der Waals surface area contributed by atoms with Gasteiger partial charge in [0.1, 0.15) is 13.1 Å². The molecule has 1 aliphatic heterocycles. The Morgan fingerprint density at radius 3 is 2.63 bits per heavy atom. The lowest BCUT2D eigenvalue weighted by molar-refractivity contribution is -0.138. The van der Waals surface area contributed by atoms with Crippen LogP contribution in [0.4, 0.5) is 4.79 Å². The number of carboxylic acids is 1. The van der Waals surface area contributed by atoms with Gasteiger partial charge in [0.25, 0.3) is 0 Å². The van der Waals surface area contributed by atoms with Gasteiger partial charge in [0.15, 0.2) is 0 Å². The van der Waals surface area contributed by atoms with Crippen LogP contribution in [-0.2, 0) is 14.3 Å². The Morgan fingerprint density at radius 2 is 2.11 bits per heavy atom. The van der Waals surface area contributed by atoms with Crippen molar-refractivity contribution >= 4 is 17.9 Å². The van der Waals surface area contributed by atoms with E-state index in [0.717, 1.165) is 11.3 Å². The third-order valence-corrected chi connectivity index (χ3v) is 2.90. The van der Waals surface area contributed by atoms with Crippen molar-refractivity contribution in [2.45, 2.75) is 6.42 Å². The number of carbonyl (C=O) groups is 3. The van der Waals surface area contributed by atoms with E-state index in [2.05, 4.69) is 0 Å². The summed E-state index contributed by atoms with van der Waals surface area (Å²) < 4.78 is 5.02. The number of ether oxygens (including phenoxy) is 1. The van der Waals surface area contributed by atoms with Crippen LogP contribution in [0.5, 0.6) is 0 Å². The molecule has 1 aliphatic rings. The summed E-state index contributed by atoms with van der Waals surface area (Å²) in [5, 5.41) is 8.74. The number of hydrogen-bond donors (Lipinski definition) is 2. The molecule has 3 N–H and O–H groups in total. The molecule has 8 nitrogen and oxygen atoms in total. The van der Waals surface area contributed by atoms with Gasteiger partial charge in [-0.25, -0.2) is 4.79 Å². The van der Waals surface area contributed by atoms with E-state index in [0.29, 0.717) is 19.7 Å². The van der Waals surface area contributed by atoms with Crippen molar-refractivity contribution in [2.24, 2.45) is 11.7 Å². The van der Waals surface area contributed by atoms with Gasteiger partial charge < -0.3 is 25.4 Å². The van der Waals surface area contributed by atoms with Crippen LogP contribution in [0.15, 0.2) is 0 Å². The zero-order valence-electron chi connectivity index (χ0n) is 10.9. The standard InChI is InChI=1S/C11H19N3O5/c1-19-7-8-2-3-13(4-8)11(18)14(5-9(12)15)6-10(16)17/h8H,2-7H2,1H3,(H2,12,15)(H,16,17). The second-order valence-corrected chi connectivity index (χ2v) is 4.55. The number of primary amides is 1. The molecule has 1 saturated heterocycles. The number of carbonyl (C=O) groups excluding carboxylic acids is 2. The van der Waals surface area contributed by atoms with Crippen molar-refractivity contribution in [3.05, 3.63) is 0 Å². The first-order chi connectivity index (χ1) is 8.93. The average molecular weight is 273 g/mol. The van der Waals surface area contributed by atoms with Crippen molar-refractivity contribution in [1.29, 1.82) is 0 Å². The summed E-state index contributed by atoms with van der Waals surface area (Å²) in [4.78, 5) is 36.1. The van der Waals surface area contributed by atoms with Gasteiger partial charge in [-0.05, 0) is 6.42 Å². The van der Waals surface area contributed by atoms with Gasteiger partial charge in [0.2, 0.25) is 5.91 Å². The summed E-state index contributed by atoms with van der Waals surface area (Å²) in [5.41, 5.74) is 5.02. The normalized spacial score (nSPS) is 18.4. The molecule has 0 bridgehead atoms. The van der Waals surface area contributed by atoms with Crippen molar-refractivity contribution in [3.8, 4) is 0 Å². The lowest BCUT2D eigenvalue weighted by Gasteiger charge is -2.25. The van der Waals surface area contributed by atoms with Crippen molar-refractivity contribution in [1.82, 2.24) is 9.80 Å². The number of nitrogens with zero attached hydrogens (tertiary/aromatic N) is 2. The molecule has 108 valence electrons. The maximum Gasteiger partial charge on any atom is 0.323 e. The van der Waals surface area contributed by atoms with Crippen LogP contribution in [0.3, 0.4) is 0 Å². The van der Waals surface area contributed by atoms with E-state index in [9.17, 15) is 14.4 Å². The largest absolute Gasteiger partial charge is 0.480 e. The fourth-order valence-electron chi connectivity index (χ4n) is 2.12. The van der Waals surface area contributed by atoms with Crippen LogP contribution in [-0.4, -0.2) is 72.7 Å². The summed E-state index contributed by atoms with van der Waals surface area (Å²) in [6.07, 6.45) is 0.803. The predicted octanol–water partition coefficient (Wildman–Crippen LogP) is -1.05. The quantitative estimate of drug-likeness (QED) is 0.641. The molecule has 3 amide bonds. The first-order valence-corrected chi connectivity index (χ1v) is 5.97. The number of nitrogens with two attached hydrogens (primary N) is 1. The lowest BCUT2D eigenvalue weighted by Crippen LogP contribution is -2.47. The molecule has 0 saturated carbocycles. The topological polar surface area (TPSA) is 113 Å². The molecule has 1 unspecified atom stereocenters. The molecular weight excluding hydrogens is 254 g/mol. The molecule has 8 heteroatoms. The molecule has 0 aromatic carbocycles. The van der Waals surface area contributed by atoms with Crippen LogP contribution in [0, 0.1) is 5.92 Å². The number of methoxy groups -OCH3 is 1. The summed E-state index contributed by atoms with van der Waals surface area (Å²) in [6.45, 7) is 0.658. The summed E-state index contributed by atoms with van der Waals surface area (Å²) in [5.74, 6) is -1.67. The smallest absolute Gasteiger partial charge is 0.323 e. The Balaban J connectivity index is 2.61. The molecule has 1 heterocycles. The van der Waals surface area contributed by atoms with Gasteiger partial charge in [-0.1, -0.05) is 0 Å². The Hall–Kier alpha value is -1.83. The number of hydrogen-bond acceptors (Lipinski definition) is 4. The number of carboxylic acid groups (broad SMARTS) is 1. The number of rotatable bonds is 6. The first kappa shape index (κ1) is 15.2. The Kier molecular flexibility index (Phi) is 5.56. The highest BCUT2D eigenvalue weighted by Gasteiger charge is 2.30. The van der Waals surface area contributed by atoms with E-state index in [1.165, 1.54) is 4.90 Å². The van der Waals surface area contributed by atoms with Crippen molar-refractivity contribution in [3.63, 3.8) is 0 Å². The monoisotopic (exact) mass is 273 g/mol. The highest BCUT2D eigenvalue weighted by Crippen LogP contribution is 2.17. The van der Waals surface area contributed by atoms with Crippen LogP contribution < -0.4 is 5.73 Å². The average Bonchev–Trinajstić information content (AvgIpc) is 2.75. The fraction of sp³-hybridized carbons (Fsp3) is 0.727. The SMILES string of the molecule is COCC1CCN(C(=O)N(CC(N)=O)CC(=O)O)C1. The summed E-state index contributed by atoms with van der Waals surface area (Å²) >= 11 is 0. The van der Waals surface area contributed by atoms with Gasteiger partial charge >= 0.3 is 12.0 Å². The summed E-state index contributed by atoms with van der Waals surface area (Å²) in [6, 6.07) is -0.472. The van der Waals surface area contributed by atoms with E-state index in [1.807, 2.05) is 0 Å². The second kappa shape index (κ2) is 6.93. The minimum atomic E-state index is -1.18. The molecule has 0 spiro atoms. The Morgan fingerprint density at radius 1 is 1.42 bits per heavy atom. The third kappa shape index (κ3) is 4.74. The zero-order valence-corrected chi connectivity index (χ0v) is 10.9. The lowest BCUT2D eigenvalue weighted by atomic mass is 10.1. The van der Waals surface area contributed by atoms with Crippen molar-refractivity contribution in [2.75, 3.05) is 39.9 Å². The van der Waals surface area contributed by atoms with Gasteiger partial charge in [-0.3, -0.25) is 9.59 Å². The third-order valence-electron chi connectivity index (χ3n) is 2.90. The minimum absolute atomic E-state index is 0.245.